The van der Waals surface area contributed by atoms with Crippen molar-refractivity contribution in [3.05, 3.63) is 0 Å². The molecule has 4 heteroatoms. The zero-order valence-electron chi connectivity index (χ0n) is 10.6. The molecule has 2 unspecified atom stereocenters. The number of carbonyl (C=O) groups is 1. The van der Waals surface area contributed by atoms with Gasteiger partial charge in [0.1, 0.15) is 0 Å². The fourth-order valence-corrected chi connectivity index (χ4v) is 3.24. The molecule has 4 nitrogen and oxygen atoms in total. The van der Waals surface area contributed by atoms with Crippen molar-refractivity contribution in [2.75, 3.05) is 13.6 Å². The van der Waals surface area contributed by atoms with Gasteiger partial charge < -0.3 is 10.6 Å². The molecule has 0 aromatic rings. The Hall–Kier alpha value is -0.610. The van der Waals surface area contributed by atoms with Crippen molar-refractivity contribution in [3.63, 3.8) is 0 Å². The summed E-state index contributed by atoms with van der Waals surface area (Å²) in [5.74, 6) is 0.209. The SMILES string of the molecule is CN(CC(=O)NC1CC1)C1CC2CCC(C1)N2. The number of piperidine rings is 1. The van der Waals surface area contributed by atoms with Crippen molar-refractivity contribution < 1.29 is 4.79 Å². The molecular formula is C13H23N3O. The van der Waals surface area contributed by atoms with Gasteiger partial charge in [-0.1, -0.05) is 0 Å². The van der Waals surface area contributed by atoms with Crippen molar-refractivity contribution >= 4 is 5.91 Å². The van der Waals surface area contributed by atoms with Crippen molar-refractivity contribution in [2.24, 2.45) is 0 Å². The van der Waals surface area contributed by atoms with Gasteiger partial charge in [0.25, 0.3) is 0 Å². The third-order valence-electron chi connectivity index (χ3n) is 4.41. The molecule has 0 aromatic carbocycles. The highest BCUT2D eigenvalue weighted by Crippen LogP contribution is 2.29. The Labute approximate surface area is 103 Å². The van der Waals surface area contributed by atoms with Crippen LogP contribution in [0.2, 0.25) is 0 Å². The van der Waals surface area contributed by atoms with Crippen molar-refractivity contribution in [3.8, 4) is 0 Å². The van der Waals surface area contributed by atoms with Gasteiger partial charge in [0, 0.05) is 24.2 Å². The number of hydrogen-bond acceptors (Lipinski definition) is 3. The summed E-state index contributed by atoms with van der Waals surface area (Å²) in [5.41, 5.74) is 0. The number of rotatable bonds is 4. The first kappa shape index (κ1) is 11.5. The average molecular weight is 237 g/mol. The Morgan fingerprint density at radius 1 is 1.24 bits per heavy atom. The monoisotopic (exact) mass is 237 g/mol. The van der Waals surface area contributed by atoms with Gasteiger partial charge in [0.2, 0.25) is 5.91 Å². The molecule has 2 N–H and O–H groups in total. The Kier molecular flexibility index (Phi) is 3.09. The highest BCUT2D eigenvalue weighted by molar-refractivity contribution is 5.78. The van der Waals surface area contributed by atoms with Gasteiger partial charge >= 0.3 is 0 Å². The fourth-order valence-electron chi connectivity index (χ4n) is 3.24. The molecule has 3 fully saturated rings. The van der Waals surface area contributed by atoms with Gasteiger partial charge in [0.15, 0.2) is 0 Å². The smallest absolute Gasteiger partial charge is 0.234 e. The van der Waals surface area contributed by atoms with E-state index in [1.54, 1.807) is 0 Å². The van der Waals surface area contributed by atoms with Crippen LogP contribution in [0.1, 0.15) is 38.5 Å². The number of amides is 1. The molecular weight excluding hydrogens is 214 g/mol. The van der Waals surface area contributed by atoms with Crippen LogP contribution in [-0.2, 0) is 4.79 Å². The lowest BCUT2D eigenvalue weighted by atomic mass is 9.98. The predicted octanol–water partition coefficient (Wildman–Crippen LogP) is 0.480. The van der Waals surface area contributed by atoms with Crippen molar-refractivity contribution in [2.45, 2.75) is 62.7 Å². The summed E-state index contributed by atoms with van der Waals surface area (Å²) in [7, 11) is 2.10. The first-order chi connectivity index (χ1) is 8.20. The van der Waals surface area contributed by atoms with E-state index in [4.69, 9.17) is 0 Å². The van der Waals surface area contributed by atoms with Gasteiger partial charge in [-0.05, 0) is 45.6 Å². The van der Waals surface area contributed by atoms with Crippen LogP contribution in [0.4, 0.5) is 0 Å². The Bertz CT molecular complexity index is 291. The first-order valence-corrected chi connectivity index (χ1v) is 6.96. The molecule has 2 bridgehead atoms. The molecule has 3 aliphatic rings. The maximum Gasteiger partial charge on any atom is 0.234 e. The van der Waals surface area contributed by atoms with E-state index in [9.17, 15) is 4.79 Å². The van der Waals surface area contributed by atoms with E-state index < -0.39 is 0 Å². The molecule has 17 heavy (non-hydrogen) atoms. The van der Waals surface area contributed by atoms with E-state index in [0.717, 1.165) is 0 Å². The second-order valence-corrected chi connectivity index (χ2v) is 6.02. The van der Waals surface area contributed by atoms with Gasteiger partial charge in [-0.25, -0.2) is 0 Å². The van der Waals surface area contributed by atoms with E-state index in [-0.39, 0.29) is 5.91 Å². The minimum absolute atomic E-state index is 0.209. The van der Waals surface area contributed by atoms with Crippen LogP contribution < -0.4 is 10.6 Å². The minimum atomic E-state index is 0.209. The Morgan fingerprint density at radius 2 is 1.88 bits per heavy atom. The van der Waals surface area contributed by atoms with Crippen LogP contribution in [-0.4, -0.2) is 48.6 Å². The van der Waals surface area contributed by atoms with E-state index in [2.05, 4.69) is 22.6 Å². The molecule has 1 amide bonds. The van der Waals surface area contributed by atoms with E-state index in [1.165, 1.54) is 38.5 Å². The summed E-state index contributed by atoms with van der Waals surface area (Å²) in [5, 5.41) is 6.71. The Balaban J connectivity index is 1.47. The lowest BCUT2D eigenvalue weighted by molar-refractivity contribution is -0.122. The highest BCUT2D eigenvalue weighted by atomic mass is 16.2. The standard InChI is InChI=1S/C13H23N3O/c1-16(8-13(17)15-9-2-3-9)12-6-10-4-5-11(7-12)14-10/h9-12,14H,2-8H2,1H3,(H,15,17). The topological polar surface area (TPSA) is 44.4 Å². The van der Waals surface area contributed by atoms with Gasteiger partial charge in [-0.3, -0.25) is 9.69 Å². The van der Waals surface area contributed by atoms with Crippen LogP contribution in [0.15, 0.2) is 0 Å². The lowest BCUT2D eigenvalue weighted by Gasteiger charge is -2.35. The summed E-state index contributed by atoms with van der Waals surface area (Å²) in [6.45, 7) is 0.570. The second kappa shape index (κ2) is 4.58. The predicted molar refractivity (Wildman–Crippen MR) is 66.8 cm³/mol. The Morgan fingerprint density at radius 3 is 2.47 bits per heavy atom. The molecule has 2 aliphatic heterocycles. The maximum absolute atomic E-state index is 11.8. The van der Waals surface area contributed by atoms with Crippen LogP contribution in [0.5, 0.6) is 0 Å². The molecule has 0 spiro atoms. The summed E-state index contributed by atoms with van der Waals surface area (Å²) >= 11 is 0. The normalized spacial score (nSPS) is 36.2. The van der Waals surface area contributed by atoms with Crippen molar-refractivity contribution in [1.29, 1.82) is 0 Å². The summed E-state index contributed by atoms with van der Waals surface area (Å²) in [6.07, 6.45) is 7.42. The number of nitrogens with zero attached hydrogens (tertiary/aromatic N) is 1. The summed E-state index contributed by atoms with van der Waals surface area (Å²) < 4.78 is 0. The molecule has 0 aromatic heterocycles. The lowest BCUT2D eigenvalue weighted by Crippen LogP contribution is -2.49. The minimum Gasteiger partial charge on any atom is -0.352 e. The highest BCUT2D eigenvalue weighted by Gasteiger charge is 2.35. The molecule has 1 aliphatic carbocycles. The van der Waals surface area contributed by atoms with Crippen LogP contribution in [0, 0.1) is 0 Å². The third kappa shape index (κ3) is 2.80. The molecule has 96 valence electrons. The van der Waals surface area contributed by atoms with Crippen LogP contribution >= 0.6 is 0 Å². The quantitative estimate of drug-likeness (QED) is 0.747. The van der Waals surface area contributed by atoms with Gasteiger partial charge in [-0.15, -0.1) is 0 Å². The van der Waals surface area contributed by atoms with E-state index in [0.29, 0.717) is 30.7 Å². The molecule has 2 saturated heterocycles. The number of nitrogens with one attached hydrogen (secondary N) is 2. The third-order valence-corrected chi connectivity index (χ3v) is 4.41. The number of carbonyl (C=O) groups excluding carboxylic acids is 1. The fraction of sp³-hybridized carbons (Fsp3) is 0.923. The first-order valence-electron chi connectivity index (χ1n) is 6.96. The van der Waals surface area contributed by atoms with Gasteiger partial charge in [0.05, 0.1) is 6.54 Å². The largest absolute Gasteiger partial charge is 0.352 e. The zero-order chi connectivity index (χ0) is 11.8. The zero-order valence-corrected chi connectivity index (χ0v) is 10.6. The van der Waals surface area contributed by atoms with Crippen LogP contribution in [0.25, 0.3) is 0 Å². The van der Waals surface area contributed by atoms with E-state index in [1.807, 2.05) is 0 Å². The summed E-state index contributed by atoms with van der Waals surface area (Å²) in [4.78, 5) is 14.0. The van der Waals surface area contributed by atoms with Crippen LogP contribution in [0.3, 0.4) is 0 Å². The molecule has 1 saturated carbocycles. The molecule has 0 radical (unpaired) electrons. The van der Waals surface area contributed by atoms with E-state index >= 15 is 0 Å². The van der Waals surface area contributed by atoms with Crippen molar-refractivity contribution in [1.82, 2.24) is 15.5 Å². The number of hydrogen-bond donors (Lipinski definition) is 2. The average Bonchev–Trinajstić information content (AvgIpc) is 3.03. The number of likely N-dealkylation sites (N-methyl/N-ethyl adjacent to an activating group) is 1. The second-order valence-electron chi connectivity index (χ2n) is 6.02. The molecule has 2 heterocycles. The number of fused-ring (bicyclic) bond motifs is 2. The maximum atomic E-state index is 11.8. The molecule has 2 atom stereocenters. The molecule has 3 rings (SSSR count). The van der Waals surface area contributed by atoms with Gasteiger partial charge in [-0.2, -0.15) is 0 Å². The summed E-state index contributed by atoms with van der Waals surface area (Å²) in [6, 6.07) is 2.49.